The van der Waals surface area contributed by atoms with E-state index in [1.54, 1.807) is 14.2 Å². The zero-order valence-electron chi connectivity index (χ0n) is 13.1. The van der Waals surface area contributed by atoms with Gasteiger partial charge in [-0.15, -0.1) is 0 Å². The van der Waals surface area contributed by atoms with Crippen molar-refractivity contribution in [1.29, 1.82) is 0 Å². The number of benzene rings is 2. The highest BCUT2D eigenvalue weighted by molar-refractivity contribution is 6.33. The average Bonchev–Trinajstić information content (AvgIpc) is 3.06. The maximum absolute atomic E-state index is 6.41. The fraction of sp³-hybridized carbons (Fsp3) is 0.278. The van der Waals surface area contributed by atoms with E-state index in [0.717, 1.165) is 11.1 Å². The first-order valence-electron chi connectivity index (χ1n) is 7.37. The van der Waals surface area contributed by atoms with Crippen molar-refractivity contribution in [3.63, 3.8) is 0 Å². The lowest BCUT2D eigenvalue weighted by atomic mass is 10.1. The Balaban J connectivity index is 1.74. The Morgan fingerprint density at radius 2 is 1.91 bits per heavy atom. The Morgan fingerprint density at radius 1 is 1.13 bits per heavy atom. The Hall–Kier alpha value is -2.20. The first-order valence-corrected chi connectivity index (χ1v) is 7.75. The Bertz CT molecular complexity index is 716. The second-order valence-corrected chi connectivity index (χ2v) is 5.58. The SMILES string of the molecule is COc1ccc(CC2=NCC(c3ccccc3)O2)c(Cl)c1OC. The normalized spacial score (nSPS) is 16.7. The molecule has 0 amide bonds. The minimum Gasteiger partial charge on any atom is -0.493 e. The van der Waals surface area contributed by atoms with Gasteiger partial charge in [-0.05, 0) is 17.2 Å². The lowest BCUT2D eigenvalue weighted by Crippen LogP contribution is -2.08. The van der Waals surface area contributed by atoms with Crippen LogP contribution in [0.15, 0.2) is 47.5 Å². The van der Waals surface area contributed by atoms with Crippen LogP contribution in [-0.4, -0.2) is 26.7 Å². The van der Waals surface area contributed by atoms with Gasteiger partial charge in [0, 0.05) is 0 Å². The third-order valence-electron chi connectivity index (χ3n) is 3.79. The van der Waals surface area contributed by atoms with Crippen molar-refractivity contribution in [1.82, 2.24) is 0 Å². The first-order chi connectivity index (χ1) is 11.2. The number of aliphatic imine (C=N–C) groups is 1. The summed E-state index contributed by atoms with van der Waals surface area (Å²) >= 11 is 6.41. The van der Waals surface area contributed by atoms with Crippen LogP contribution in [0.1, 0.15) is 17.2 Å². The summed E-state index contributed by atoms with van der Waals surface area (Å²) in [5.74, 6) is 1.83. The number of hydrogen-bond donors (Lipinski definition) is 0. The van der Waals surface area contributed by atoms with E-state index in [1.807, 2.05) is 42.5 Å². The standard InChI is InChI=1S/C18H18ClNO3/c1-21-14-9-8-13(17(19)18(14)22-2)10-16-20-11-15(23-16)12-6-4-3-5-7-12/h3-9,15H,10-11H2,1-2H3. The molecule has 0 aliphatic carbocycles. The summed E-state index contributed by atoms with van der Waals surface area (Å²) in [5, 5.41) is 0.529. The highest BCUT2D eigenvalue weighted by atomic mass is 35.5. The molecule has 0 aromatic heterocycles. The molecule has 0 saturated heterocycles. The monoisotopic (exact) mass is 331 g/mol. The fourth-order valence-electron chi connectivity index (χ4n) is 2.59. The van der Waals surface area contributed by atoms with Gasteiger partial charge < -0.3 is 14.2 Å². The predicted octanol–water partition coefficient (Wildman–Crippen LogP) is 4.07. The molecule has 3 rings (SSSR count). The molecular formula is C18H18ClNO3. The lowest BCUT2D eigenvalue weighted by Gasteiger charge is -2.14. The smallest absolute Gasteiger partial charge is 0.188 e. The molecule has 120 valence electrons. The van der Waals surface area contributed by atoms with Crippen LogP contribution in [0, 0.1) is 0 Å². The summed E-state index contributed by atoms with van der Waals surface area (Å²) in [4.78, 5) is 4.49. The molecule has 4 nitrogen and oxygen atoms in total. The van der Waals surface area contributed by atoms with Crippen LogP contribution in [0.2, 0.25) is 5.02 Å². The van der Waals surface area contributed by atoms with Crippen molar-refractivity contribution in [2.24, 2.45) is 4.99 Å². The molecule has 0 bridgehead atoms. The van der Waals surface area contributed by atoms with Gasteiger partial charge in [-0.3, -0.25) is 4.99 Å². The molecule has 5 heteroatoms. The minimum absolute atomic E-state index is 0.0230. The molecule has 23 heavy (non-hydrogen) atoms. The van der Waals surface area contributed by atoms with E-state index in [2.05, 4.69) is 4.99 Å². The molecule has 1 aliphatic heterocycles. The van der Waals surface area contributed by atoms with Crippen molar-refractivity contribution in [2.45, 2.75) is 12.5 Å². The van der Waals surface area contributed by atoms with E-state index in [0.29, 0.717) is 35.4 Å². The molecule has 1 aliphatic rings. The summed E-state index contributed by atoms with van der Waals surface area (Å²) in [6.07, 6.45) is 0.507. The molecule has 0 saturated carbocycles. The fourth-order valence-corrected chi connectivity index (χ4v) is 2.89. The summed E-state index contributed by atoms with van der Waals surface area (Å²) in [6.45, 7) is 0.629. The molecule has 1 atom stereocenters. The molecule has 2 aromatic carbocycles. The second-order valence-electron chi connectivity index (χ2n) is 5.20. The van der Waals surface area contributed by atoms with Crippen molar-refractivity contribution in [2.75, 3.05) is 20.8 Å². The van der Waals surface area contributed by atoms with Crippen LogP contribution >= 0.6 is 11.6 Å². The number of halogens is 1. The summed E-state index contributed by atoms with van der Waals surface area (Å²) < 4.78 is 16.5. The molecule has 0 spiro atoms. The van der Waals surface area contributed by atoms with Gasteiger partial charge in [-0.1, -0.05) is 48.0 Å². The van der Waals surface area contributed by atoms with Crippen LogP contribution < -0.4 is 9.47 Å². The number of ether oxygens (including phenoxy) is 3. The average molecular weight is 332 g/mol. The number of rotatable bonds is 5. The topological polar surface area (TPSA) is 40.0 Å². The van der Waals surface area contributed by atoms with Crippen LogP contribution in [0.4, 0.5) is 0 Å². The van der Waals surface area contributed by atoms with Gasteiger partial charge >= 0.3 is 0 Å². The van der Waals surface area contributed by atoms with E-state index < -0.39 is 0 Å². The number of nitrogens with zero attached hydrogens (tertiary/aromatic N) is 1. The molecule has 1 unspecified atom stereocenters. The van der Waals surface area contributed by atoms with Crippen molar-refractivity contribution in [3.05, 3.63) is 58.6 Å². The zero-order chi connectivity index (χ0) is 16.2. The van der Waals surface area contributed by atoms with Crippen molar-refractivity contribution < 1.29 is 14.2 Å². The van der Waals surface area contributed by atoms with Crippen LogP contribution in [0.3, 0.4) is 0 Å². The van der Waals surface area contributed by atoms with Crippen molar-refractivity contribution in [3.8, 4) is 11.5 Å². The quantitative estimate of drug-likeness (QED) is 0.829. The Morgan fingerprint density at radius 3 is 2.61 bits per heavy atom. The van der Waals surface area contributed by atoms with E-state index >= 15 is 0 Å². The third kappa shape index (κ3) is 3.27. The molecule has 2 aromatic rings. The molecule has 0 fully saturated rings. The molecular weight excluding hydrogens is 314 g/mol. The number of hydrogen-bond acceptors (Lipinski definition) is 4. The van der Waals surface area contributed by atoms with Crippen molar-refractivity contribution >= 4 is 17.5 Å². The van der Waals surface area contributed by atoms with Gasteiger partial charge in [0.15, 0.2) is 17.4 Å². The van der Waals surface area contributed by atoms with Crippen LogP contribution in [0.25, 0.3) is 0 Å². The van der Waals surface area contributed by atoms with Gasteiger partial charge in [0.05, 0.1) is 32.2 Å². The van der Waals surface area contributed by atoms with E-state index in [-0.39, 0.29) is 6.10 Å². The van der Waals surface area contributed by atoms with Gasteiger partial charge in [-0.2, -0.15) is 0 Å². The predicted molar refractivity (Wildman–Crippen MR) is 90.8 cm³/mol. The summed E-state index contributed by atoms with van der Waals surface area (Å²) in [6, 6.07) is 13.8. The Labute approximate surface area is 140 Å². The van der Waals surface area contributed by atoms with E-state index in [9.17, 15) is 0 Å². The minimum atomic E-state index is -0.0230. The summed E-state index contributed by atoms with van der Waals surface area (Å²) in [7, 11) is 3.16. The van der Waals surface area contributed by atoms with E-state index in [1.165, 1.54) is 0 Å². The largest absolute Gasteiger partial charge is 0.493 e. The van der Waals surface area contributed by atoms with Gasteiger partial charge in [0.1, 0.15) is 6.10 Å². The second kappa shape index (κ2) is 6.92. The zero-order valence-corrected chi connectivity index (χ0v) is 13.8. The number of methoxy groups -OCH3 is 2. The van der Waals surface area contributed by atoms with Crippen LogP contribution in [0.5, 0.6) is 11.5 Å². The summed E-state index contributed by atoms with van der Waals surface area (Å²) in [5.41, 5.74) is 2.03. The maximum atomic E-state index is 6.41. The van der Waals surface area contributed by atoms with Gasteiger partial charge in [0.25, 0.3) is 0 Å². The lowest BCUT2D eigenvalue weighted by molar-refractivity contribution is 0.225. The molecule has 0 radical (unpaired) electrons. The maximum Gasteiger partial charge on any atom is 0.188 e. The Kier molecular flexibility index (Phi) is 4.72. The first kappa shape index (κ1) is 15.7. The third-order valence-corrected chi connectivity index (χ3v) is 4.20. The highest BCUT2D eigenvalue weighted by Crippen LogP contribution is 2.38. The van der Waals surface area contributed by atoms with Crippen LogP contribution in [-0.2, 0) is 11.2 Å². The molecule has 0 N–H and O–H groups in total. The highest BCUT2D eigenvalue weighted by Gasteiger charge is 2.23. The van der Waals surface area contributed by atoms with Gasteiger partial charge in [-0.25, -0.2) is 0 Å². The molecule has 1 heterocycles. The van der Waals surface area contributed by atoms with Gasteiger partial charge in [0.2, 0.25) is 0 Å². The van der Waals surface area contributed by atoms with E-state index in [4.69, 9.17) is 25.8 Å².